The molecule has 0 spiro atoms. The van der Waals surface area contributed by atoms with Gasteiger partial charge in [-0.2, -0.15) is 0 Å². The molecular formula is C15H31N3. The van der Waals surface area contributed by atoms with Crippen LogP contribution >= 0.6 is 0 Å². The fraction of sp³-hybridized carbons (Fsp3) is 1.00. The molecule has 1 unspecified atom stereocenters. The monoisotopic (exact) mass is 253 g/mol. The highest BCUT2D eigenvalue weighted by Gasteiger charge is 2.23. The molecule has 2 fully saturated rings. The lowest BCUT2D eigenvalue weighted by atomic mass is 10.1. The van der Waals surface area contributed by atoms with Gasteiger partial charge < -0.3 is 15.1 Å². The van der Waals surface area contributed by atoms with Gasteiger partial charge >= 0.3 is 0 Å². The lowest BCUT2D eigenvalue weighted by Gasteiger charge is -2.22. The molecule has 1 saturated heterocycles. The van der Waals surface area contributed by atoms with Crippen molar-refractivity contribution in [3.63, 3.8) is 0 Å². The molecule has 1 atom stereocenters. The van der Waals surface area contributed by atoms with E-state index in [-0.39, 0.29) is 0 Å². The summed E-state index contributed by atoms with van der Waals surface area (Å²) in [5.74, 6) is 0. The van der Waals surface area contributed by atoms with Gasteiger partial charge in [0.2, 0.25) is 0 Å². The first-order valence-electron chi connectivity index (χ1n) is 7.88. The first-order valence-corrected chi connectivity index (χ1v) is 7.88. The maximum atomic E-state index is 3.78. The fourth-order valence-electron chi connectivity index (χ4n) is 3.35. The second kappa shape index (κ2) is 7.46. The average molecular weight is 253 g/mol. The van der Waals surface area contributed by atoms with Gasteiger partial charge in [0, 0.05) is 31.7 Å². The molecule has 0 aromatic rings. The van der Waals surface area contributed by atoms with Gasteiger partial charge in [-0.3, -0.25) is 0 Å². The Kier molecular flexibility index (Phi) is 5.93. The van der Waals surface area contributed by atoms with Crippen molar-refractivity contribution in [2.24, 2.45) is 0 Å². The zero-order valence-corrected chi connectivity index (χ0v) is 12.3. The molecule has 1 heterocycles. The predicted molar refractivity (Wildman–Crippen MR) is 78.0 cm³/mol. The second-order valence-electron chi connectivity index (χ2n) is 6.35. The zero-order valence-electron chi connectivity index (χ0n) is 12.3. The van der Waals surface area contributed by atoms with Crippen LogP contribution in [0.1, 0.15) is 44.9 Å². The molecule has 0 amide bonds. The highest BCUT2D eigenvalue weighted by Crippen LogP contribution is 2.17. The summed E-state index contributed by atoms with van der Waals surface area (Å²) in [5.41, 5.74) is 0. The van der Waals surface area contributed by atoms with Crippen LogP contribution in [0.2, 0.25) is 0 Å². The summed E-state index contributed by atoms with van der Waals surface area (Å²) < 4.78 is 0. The van der Waals surface area contributed by atoms with Crippen LogP contribution in [0, 0.1) is 0 Å². The molecule has 1 N–H and O–H groups in total. The number of hydrogen-bond donors (Lipinski definition) is 1. The Morgan fingerprint density at radius 2 is 1.78 bits per heavy atom. The summed E-state index contributed by atoms with van der Waals surface area (Å²) in [5, 5.41) is 3.78. The van der Waals surface area contributed by atoms with E-state index in [0.29, 0.717) is 0 Å². The summed E-state index contributed by atoms with van der Waals surface area (Å²) >= 11 is 0. The summed E-state index contributed by atoms with van der Waals surface area (Å²) in [6, 6.07) is 1.59. The van der Waals surface area contributed by atoms with Crippen LogP contribution in [0.25, 0.3) is 0 Å². The van der Waals surface area contributed by atoms with E-state index in [4.69, 9.17) is 0 Å². The molecule has 0 radical (unpaired) electrons. The lowest BCUT2D eigenvalue weighted by Crippen LogP contribution is -2.37. The van der Waals surface area contributed by atoms with Crippen LogP contribution in [0.15, 0.2) is 0 Å². The number of nitrogens with zero attached hydrogens (tertiary/aromatic N) is 2. The minimum atomic E-state index is 0.780. The smallest absolute Gasteiger partial charge is 0.0229 e. The van der Waals surface area contributed by atoms with Gasteiger partial charge in [0.1, 0.15) is 0 Å². The summed E-state index contributed by atoms with van der Waals surface area (Å²) in [7, 11) is 4.41. The van der Waals surface area contributed by atoms with E-state index in [2.05, 4.69) is 29.2 Å². The van der Waals surface area contributed by atoms with Crippen molar-refractivity contribution in [2.75, 3.05) is 40.3 Å². The highest BCUT2D eigenvalue weighted by molar-refractivity contribution is 4.81. The van der Waals surface area contributed by atoms with Crippen molar-refractivity contribution in [3.05, 3.63) is 0 Å². The average Bonchev–Trinajstić information content (AvgIpc) is 2.67. The normalized spacial score (nSPS) is 27.8. The maximum absolute atomic E-state index is 3.78. The van der Waals surface area contributed by atoms with E-state index < -0.39 is 0 Å². The number of rotatable bonds is 5. The zero-order chi connectivity index (χ0) is 12.8. The van der Waals surface area contributed by atoms with Crippen LogP contribution in [-0.2, 0) is 0 Å². The van der Waals surface area contributed by atoms with Crippen LogP contribution in [-0.4, -0.2) is 62.2 Å². The molecule has 0 bridgehead atoms. The van der Waals surface area contributed by atoms with Crippen molar-refractivity contribution in [2.45, 2.75) is 57.0 Å². The van der Waals surface area contributed by atoms with Crippen molar-refractivity contribution < 1.29 is 0 Å². The fourth-order valence-corrected chi connectivity index (χ4v) is 3.35. The second-order valence-corrected chi connectivity index (χ2v) is 6.35. The SMILES string of the molecule is CN(C)C1CCN(CCNC2CCCCCC2)C1. The quantitative estimate of drug-likeness (QED) is 0.755. The summed E-state index contributed by atoms with van der Waals surface area (Å²) in [6.07, 6.45) is 9.93. The summed E-state index contributed by atoms with van der Waals surface area (Å²) in [6.45, 7) is 4.97. The van der Waals surface area contributed by atoms with Gasteiger partial charge in [-0.1, -0.05) is 25.7 Å². The van der Waals surface area contributed by atoms with E-state index >= 15 is 0 Å². The van der Waals surface area contributed by atoms with Crippen molar-refractivity contribution in [1.29, 1.82) is 0 Å². The predicted octanol–water partition coefficient (Wildman–Crippen LogP) is 1.93. The molecule has 18 heavy (non-hydrogen) atoms. The molecule has 106 valence electrons. The third-order valence-corrected chi connectivity index (χ3v) is 4.69. The number of hydrogen-bond acceptors (Lipinski definition) is 3. The number of nitrogens with one attached hydrogen (secondary N) is 1. The van der Waals surface area contributed by atoms with E-state index in [0.717, 1.165) is 12.1 Å². The van der Waals surface area contributed by atoms with Crippen molar-refractivity contribution in [1.82, 2.24) is 15.1 Å². The van der Waals surface area contributed by atoms with E-state index in [1.165, 1.54) is 71.1 Å². The molecule has 3 nitrogen and oxygen atoms in total. The standard InChI is InChI=1S/C15H31N3/c1-17(2)15-9-11-18(13-15)12-10-16-14-7-5-3-4-6-8-14/h14-16H,3-13H2,1-2H3. The van der Waals surface area contributed by atoms with Crippen molar-refractivity contribution >= 4 is 0 Å². The Bertz CT molecular complexity index is 222. The molecule has 0 aromatic heterocycles. The van der Waals surface area contributed by atoms with Crippen molar-refractivity contribution in [3.8, 4) is 0 Å². The topological polar surface area (TPSA) is 18.5 Å². The van der Waals surface area contributed by atoms with Gasteiger partial charge in [-0.05, 0) is 39.9 Å². The van der Waals surface area contributed by atoms with Gasteiger partial charge in [0.05, 0.1) is 0 Å². The van der Waals surface area contributed by atoms with Crippen LogP contribution < -0.4 is 5.32 Å². The maximum Gasteiger partial charge on any atom is 0.0229 e. The van der Waals surface area contributed by atoms with E-state index in [1.54, 1.807) is 0 Å². The van der Waals surface area contributed by atoms with E-state index in [1.807, 2.05) is 0 Å². The minimum Gasteiger partial charge on any atom is -0.313 e. The minimum absolute atomic E-state index is 0.780. The number of likely N-dealkylation sites (tertiary alicyclic amines) is 1. The molecular weight excluding hydrogens is 222 g/mol. The third-order valence-electron chi connectivity index (χ3n) is 4.69. The lowest BCUT2D eigenvalue weighted by molar-refractivity contribution is 0.265. The largest absolute Gasteiger partial charge is 0.313 e. The molecule has 3 heteroatoms. The Morgan fingerprint density at radius 1 is 1.06 bits per heavy atom. The molecule has 1 aliphatic carbocycles. The third kappa shape index (κ3) is 4.52. The Labute approximate surface area is 113 Å². The van der Waals surface area contributed by atoms with Gasteiger partial charge in [0.15, 0.2) is 0 Å². The first kappa shape index (κ1) is 14.3. The highest BCUT2D eigenvalue weighted by atomic mass is 15.2. The van der Waals surface area contributed by atoms with Crippen LogP contribution in [0.3, 0.4) is 0 Å². The van der Waals surface area contributed by atoms with Gasteiger partial charge in [-0.15, -0.1) is 0 Å². The Morgan fingerprint density at radius 3 is 2.39 bits per heavy atom. The number of likely N-dealkylation sites (N-methyl/N-ethyl adjacent to an activating group) is 1. The summed E-state index contributed by atoms with van der Waals surface area (Å²) in [4.78, 5) is 4.99. The molecule has 2 rings (SSSR count). The molecule has 0 aromatic carbocycles. The van der Waals surface area contributed by atoms with Gasteiger partial charge in [0.25, 0.3) is 0 Å². The Balaban J connectivity index is 1.58. The van der Waals surface area contributed by atoms with Gasteiger partial charge in [-0.25, -0.2) is 0 Å². The van der Waals surface area contributed by atoms with E-state index in [9.17, 15) is 0 Å². The first-order chi connectivity index (χ1) is 8.75. The molecule has 1 aliphatic heterocycles. The van der Waals surface area contributed by atoms with Crippen LogP contribution in [0.4, 0.5) is 0 Å². The molecule has 2 aliphatic rings. The van der Waals surface area contributed by atoms with Crippen LogP contribution in [0.5, 0.6) is 0 Å². The molecule has 1 saturated carbocycles. The Hall–Kier alpha value is -0.120.